The van der Waals surface area contributed by atoms with Crippen LogP contribution >= 0.6 is 0 Å². The van der Waals surface area contributed by atoms with E-state index in [9.17, 15) is 4.79 Å². The highest BCUT2D eigenvalue weighted by atomic mass is 19.1. The van der Waals surface area contributed by atoms with Gasteiger partial charge < -0.3 is 10.2 Å². The highest BCUT2D eigenvalue weighted by Crippen LogP contribution is 2.29. The topological polar surface area (TPSA) is 73.9 Å². The summed E-state index contributed by atoms with van der Waals surface area (Å²) in [6, 6.07) is 7.74. The van der Waals surface area contributed by atoms with Gasteiger partial charge in [-0.25, -0.2) is 9.37 Å². The first-order valence-electron chi connectivity index (χ1n) is 9.19. The number of carbonyl (C=O) groups is 1. The minimum absolute atomic E-state index is 0.213. The Morgan fingerprint density at radius 1 is 1.22 bits per heavy atom. The Labute approximate surface area is 156 Å². The molecule has 3 heterocycles. The highest BCUT2D eigenvalue weighted by Gasteiger charge is 2.41. The van der Waals surface area contributed by atoms with Gasteiger partial charge >= 0.3 is 0 Å². The van der Waals surface area contributed by atoms with E-state index >= 15 is 4.39 Å². The third-order valence-corrected chi connectivity index (χ3v) is 5.30. The molecule has 1 aliphatic rings. The Morgan fingerprint density at radius 2 is 2.04 bits per heavy atom. The van der Waals surface area contributed by atoms with E-state index in [0.717, 1.165) is 28.4 Å². The van der Waals surface area contributed by atoms with Gasteiger partial charge in [0.15, 0.2) is 5.67 Å². The van der Waals surface area contributed by atoms with Gasteiger partial charge in [-0.2, -0.15) is 5.10 Å². The number of hydrogen-bond donors (Lipinski definition) is 2. The Kier molecular flexibility index (Phi) is 4.61. The number of nitrogens with zero attached hydrogens (tertiary/aromatic N) is 3. The van der Waals surface area contributed by atoms with Crippen LogP contribution < -0.4 is 5.32 Å². The minimum Gasteiger partial charge on any atom is -0.308 e. The lowest BCUT2D eigenvalue weighted by atomic mass is 9.92. The maximum atomic E-state index is 15.0. The molecule has 1 saturated heterocycles. The molecule has 1 amide bonds. The molecular weight excluding hydrogens is 345 g/mol. The smallest absolute Gasteiger partial charge is 0.263 e. The number of piperidine rings is 1. The van der Waals surface area contributed by atoms with Crippen molar-refractivity contribution in [3.05, 3.63) is 42.9 Å². The number of carbonyl (C=O) groups excluding carboxylic acids is 1. The summed E-state index contributed by atoms with van der Waals surface area (Å²) < 4.78 is 15.0. The number of anilines is 1. The third kappa shape index (κ3) is 3.55. The molecule has 0 unspecified atom stereocenters. The summed E-state index contributed by atoms with van der Waals surface area (Å²) >= 11 is 0. The van der Waals surface area contributed by atoms with Gasteiger partial charge in [0.05, 0.1) is 6.20 Å². The van der Waals surface area contributed by atoms with E-state index in [1.54, 1.807) is 18.5 Å². The fourth-order valence-corrected chi connectivity index (χ4v) is 3.48. The van der Waals surface area contributed by atoms with E-state index in [4.69, 9.17) is 0 Å². The number of pyridine rings is 1. The second-order valence-corrected chi connectivity index (χ2v) is 6.97. The Bertz CT molecular complexity index is 948. The second kappa shape index (κ2) is 7.08. The van der Waals surface area contributed by atoms with Crippen LogP contribution in [0.4, 0.5) is 10.2 Å². The molecule has 0 atom stereocenters. The van der Waals surface area contributed by atoms with Crippen molar-refractivity contribution in [3.63, 3.8) is 0 Å². The third-order valence-electron chi connectivity index (χ3n) is 5.30. The van der Waals surface area contributed by atoms with E-state index < -0.39 is 11.6 Å². The van der Waals surface area contributed by atoms with Crippen molar-refractivity contribution in [1.82, 2.24) is 20.1 Å². The lowest BCUT2D eigenvalue weighted by molar-refractivity contribution is -0.130. The molecular formula is C20H22FN5O. The van der Waals surface area contributed by atoms with E-state index in [-0.39, 0.29) is 12.8 Å². The number of fused-ring (bicyclic) bond motifs is 1. The van der Waals surface area contributed by atoms with Crippen LogP contribution in [0.25, 0.3) is 21.9 Å². The molecule has 27 heavy (non-hydrogen) atoms. The zero-order valence-electron chi connectivity index (χ0n) is 15.2. The number of halogens is 1. The average Bonchev–Trinajstić information content (AvgIpc) is 3.23. The zero-order valence-corrected chi connectivity index (χ0v) is 15.2. The normalized spacial score (nSPS) is 17.1. The molecule has 4 rings (SSSR count). The summed E-state index contributed by atoms with van der Waals surface area (Å²) in [5.74, 6) is -0.233. The van der Waals surface area contributed by atoms with Crippen LogP contribution in [0.5, 0.6) is 0 Å². The van der Waals surface area contributed by atoms with Crippen molar-refractivity contribution < 1.29 is 9.18 Å². The van der Waals surface area contributed by atoms with Crippen LogP contribution in [0, 0.1) is 0 Å². The standard InChI is InChI=1S/C20H22FN5O/c1-2-26-7-5-20(21,6-8-26)19(27)25-18-10-16-9-14(17-12-23-24-13-17)3-4-15(16)11-22-18/h3-4,9-13H,2,5-8H2,1H3,(H,23,24)(H,22,25,27). The molecule has 1 aromatic carbocycles. The van der Waals surface area contributed by atoms with Crippen LogP contribution in [-0.4, -0.2) is 51.3 Å². The van der Waals surface area contributed by atoms with Crippen molar-refractivity contribution in [2.24, 2.45) is 0 Å². The molecule has 1 fully saturated rings. The Hall–Kier alpha value is -2.80. The van der Waals surface area contributed by atoms with E-state index in [1.165, 1.54) is 0 Å². The van der Waals surface area contributed by atoms with Crippen molar-refractivity contribution in [2.45, 2.75) is 25.4 Å². The number of benzene rings is 1. The van der Waals surface area contributed by atoms with Crippen LogP contribution in [0.2, 0.25) is 0 Å². The number of rotatable bonds is 4. The maximum absolute atomic E-state index is 15.0. The summed E-state index contributed by atoms with van der Waals surface area (Å²) in [6.45, 7) is 4.12. The van der Waals surface area contributed by atoms with Crippen LogP contribution in [0.1, 0.15) is 19.8 Å². The quantitative estimate of drug-likeness (QED) is 0.741. The number of nitrogens with one attached hydrogen (secondary N) is 2. The highest BCUT2D eigenvalue weighted by molar-refractivity contribution is 5.98. The molecule has 7 heteroatoms. The van der Waals surface area contributed by atoms with E-state index in [0.29, 0.717) is 18.9 Å². The first-order chi connectivity index (χ1) is 13.1. The van der Waals surface area contributed by atoms with Gasteiger partial charge in [-0.05, 0) is 29.6 Å². The number of likely N-dealkylation sites (tertiary alicyclic amines) is 1. The number of aromatic nitrogens is 3. The predicted octanol–water partition coefficient (Wildman–Crippen LogP) is 3.39. The van der Waals surface area contributed by atoms with Crippen LogP contribution in [0.3, 0.4) is 0 Å². The van der Waals surface area contributed by atoms with Gasteiger partial charge in [-0.1, -0.05) is 19.1 Å². The van der Waals surface area contributed by atoms with Gasteiger partial charge in [0.1, 0.15) is 5.82 Å². The molecule has 0 radical (unpaired) electrons. The molecule has 0 saturated carbocycles. The summed E-state index contributed by atoms with van der Waals surface area (Å²) in [5.41, 5.74) is 0.152. The molecule has 1 aliphatic heterocycles. The lowest BCUT2D eigenvalue weighted by Gasteiger charge is -2.34. The molecule has 6 nitrogen and oxygen atoms in total. The molecule has 2 N–H and O–H groups in total. The average molecular weight is 367 g/mol. The van der Waals surface area contributed by atoms with Crippen molar-refractivity contribution in [1.29, 1.82) is 0 Å². The fourth-order valence-electron chi connectivity index (χ4n) is 3.48. The zero-order chi connectivity index (χ0) is 18.9. The second-order valence-electron chi connectivity index (χ2n) is 6.97. The summed E-state index contributed by atoms with van der Waals surface area (Å²) in [6.07, 6.45) is 5.69. The molecule has 2 aromatic heterocycles. The van der Waals surface area contributed by atoms with Crippen molar-refractivity contribution in [2.75, 3.05) is 25.0 Å². The molecule has 0 spiro atoms. The molecule has 0 aliphatic carbocycles. The van der Waals surface area contributed by atoms with Gasteiger partial charge in [0.2, 0.25) is 0 Å². The largest absolute Gasteiger partial charge is 0.308 e. The number of alkyl halides is 1. The first-order valence-corrected chi connectivity index (χ1v) is 9.19. The summed E-state index contributed by atoms with van der Waals surface area (Å²) in [4.78, 5) is 18.9. The number of aromatic amines is 1. The minimum atomic E-state index is -1.83. The summed E-state index contributed by atoms with van der Waals surface area (Å²) in [5, 5.41) is 11.3. The van der Waals surface area contributed by atoms with Crippen LogP contribution in [-0.2, 0) is 4.79 Å². The van der Waals surface area contributed by atoms with Crippen LogP contribution in [0.15, 0.2) is 42.9 Å². The van der Waals surface area contributed by atoms with Gasteiger partial charge in [-0.15, -0.1) is 0 Å². The maximum Gasteiger partial charge on any atom is 0.263 e. The molecule has 3 aromatic rings. The Morgan fingerprint density at radius 3 is 2.74 bits per heavy atom. The SMILES string of the molecule is CCN1CCC(F)(C(=O)Nc2cc3cc(-c4cn[nH]c4)ccc3cn2)CC1. The molecule has 140 valence electrons. The number of hydrogen-bond acceptors (Lipinski definition) is 4. The monoisotopic (exact) mass is 367 g/mol. The van der Waals surface area contributed by atoms with Crippen molar-refractivity contribution in [3.8, 4) is 11.1 Å². The van der Waals surface area contributed by atoms with Gasteiger partial charge in [0, 0.05) is 49.3 Å². The summed E-state index contributed by atoms with van der Waals surface area (Å²) in [7, 11) is 0. The van der Waals surface area contributed by atoms with Gasteiger partial charge in [0.25, 0.3) is 5.91 Å². The number of amides is 1. The van der Waals surface area contributed by atoms with E-state index in [1.807, 2.05) is 31.3 Å². The Balaban J connectivity index is 1.54. The van der Waals surface area contributed by atoms with E-state index in [2.05, 4.69) is 25.4 Å². The number of H-pyrrole nitrogens is 1. The van der Waals surface area contributed by atoms with Crippen molar-refractivity contribution >= 4 is 22.5 Å². The fraction of sp³-hybridized carbons (Fsp3) is 0.350. The first kappa shape index (κ1) is 17.6. The predicted molar refractivity (Wildman–Crippen MR) is 103 cm³/mol. The molecule has 0 bridgehead atoms. The van der Waals surface area contributed by atoms with Gasteiger partial charge in [-0.3, -0.25) is 9.89 Å². The lowest BCUT2D eigenvalue weighted by Crippen LogP contribution is -2.48.